The molecule has 0 spiro atoms. The molecule has 0 radical (unpaired) electrons. The van der Waals surface area contributed by atoms with Gasteiger partial charge in [-0.1, -0.05) is 48.5 Å². The van der Waals surface area contributed by atoms with Crippen LogP contribution in [0.5, 0.6) is 0 Å². The molecule has 1 fully saturated rings. The highest BCUT2D eigenvalue weighted by Gasteiger charge is 2.16. The Kier molecular flexibility index (Phi) is 5.92. The van der Waals surface area contributed by atoms with Crippen LogP contribution in [0.3, 0.4) is 0 Å². The molecule has 1 aliphatic rings. The Bertz CT molecular complexity index is 1140. The van der Waals surface area contributed by atoms with Crippen LogP contribution in [0.25, 0.3) is 21.8 Å². The van der Waals surface area contributed by atoms with Crippen molar-refractivity contribution in [2.24, 2.45) is 0 Å². The van der Waals surface area contributed by atoms with E-state index in [2.05, 4.69) is 99.4 Å². The van der Waals surface area contributed by atoms with Gasteiger partial charge >= 0.3 is 0 Å². The third-order valence-electron chi connectivity index (χ3n) is 6.58. The van der Waals surface area contributed by atoms with Gasteiger partial charge in [0.05, 0.1) is 0 Å². The second-order valence-electron chi connectivity index (χ2n) is 8.45. The molecule has 1 aliphatic heterocycles. The molecule has 5 rings (SSSR count). The van der Waals surface area contributed by atoms with Gasteiger partial charge in [-0.15, -0.1) is 0 Å². The molecule has 0 unspecified atom stereocenters. The monoisotopic (exact) mass is 412 g/mol. The molecule has 1 N–H and O–H groups in total. The number of fused-ring (bicyclic) bond motifs is 3. The standard InChI is InChI=1S/C27H32N4/c1-2-31-26-11-7-6-10-24(26)25-13-12-22(20-27(25)31)21-28-14-15-29-16-18-30(19-17-29)23-8-4-3-5-9-23/h3-13,20,28H,2,14-19,21H2,1H3. The van der Waals surface area contributed by atoms with E-state index in [4.69, 9.17) is 0 Å². The summed E-state index contributed by atoms with van der Waals surface area (Å²) in [6.45, 7) is 10.8. The number of rotatable bonds is 7. The fourth-order valence-corrected chi connectivity index (χ4v) is 4.88. The Labute approximate surface area is 185 Å². The van der Waals surface area contributed by atoms with Gasteiger partial charge in [-0.05, 0) is 36.8 Å². The molecular weight excluding hydrogens is 380 g/mol. The Morgan fingerprint density at radius 1 is 0.774 bits per heavy atom. The molecule has 0 atom stereocenters. The summed E-state index contributed by atoms with van der Waals surface area (Å²) in [6.07, 6.45) is 0. The van der Waals surface area contributed by atoms with E-state index in [1.165, 1.54) is 33.1 Å². The predicted octanol–water partition coefficient (Wildman–Crippen LogP) is 4.73. The highest BCUT2D eigenvalue weighted by atomic mass is 15.3. The van der Waals surface area contributed by atoms with Crippen LogP contribution in [0.15, 0.2) is 72.8 Å². The summed E-state index contributed by atoms with van der Waals surface area (Å²) in [4.78, 5) is 5.07. The second-order valence-corrected chi connectivity index (χ2v) is 8.45. The average molecular weight is 413 g/mol. The molecule has 4 nitrogen and oxygen atoms in total. The van der Waals surface area contributed by atoms with Gasteiger partial charge in [0.25, 0.3) is 0 Å². The van der Waals surface area contributed by atoms with E-state index in [1.807, 2.05) is 0 Å². The van der Waals surface area contributed by atoms with Crippen molar-refractivity contribution in [3.63, 3.8) is 0 Å². The molecule has 0 amide bonds. The van der Waals surface area contributed by atoms with Gasteiger partial charge in [-0.2, -0.15) is 0 Å². The van der Waals surface area contributed by atoms with E-state index in [0.29, 0.717) is 0 Å². The van der Waals surface area contributed by atoms with E-state index < -0.39 is 0 Å². The Morgan fingerprint density at radius 2 is 1.52 bits per heavy atom. The number of hydrogen-bond acceptors (Lipinski definition) is 3. The lowest BCUT2D eigenvalue weighted by molar-refractivity contribution is 0.257. The number of nitrogens with zero attached hydrogens (tertiary/aromatic N) is 3. The second kappa shape index (κ2) is 9.13. The quantitative estimate of drug-likeness (QED) is 0.444. The maximum absolute atomic E-state index is 3.66. The van der Waals surface area contributed by atoms with Crippen LogP contribution in [-0.2, 0) is 13.1 Å². The van der Waals surface area contributed by atoms with Gasteiger partial charge in [-0.3, -0.25) is 4.90 Å². The summed E-state index contributed by atoms with van der Waals surface area (Å²) in [5.74, 6) is 0. The van der Waals surface area contributed by atoms with Crippen molar-refractivity contribution < 1.29 is 0 Å². The van der Waals surface area contributed by atoms with Crippen LogP contribution in [-0.4, -0.2) is 48.7 Å². The summed E-state index contributed by atoms with van der Waals surface area (Å²) in [5, 5.41) is 6.38. The van der Waals surface area contributed by atoms with E-state index in [1.54, 1.807) is 0 Å². The van der Waals surface area contributed by atoms with Crippen LogP contribution < -0.4 is 10.2 Å². The fourth-order valence-electron chi connectivity index (χ4n) is 4.88. The number of aromatic nitrogens is 1. The first-order valence-electron chi connectivity index (χ1n) is 11.6. The molecule has 31 heavy (non-hydrogen) atoms. The van der Waals surface area contributed by atoms with E-state index in [-0.39, 0.29) is 0 Å². The summed E-state index contributed by atoms with van der Waals surface area (Å²) in [7, 11) is 0. The first kappa shape index (κ1) is 20.1. The maximum atomic E-state index is 3.66. The molecule has 2 heterocycles. The number of hydrogen-bond donors (Lipinski definition) is 1. The highest BCUT2D eigenvalue weighted by molar-refractivity contribution is 6.08. The molecule has 1 aromatic heterocycles. The number of piperazine rings is 1. The highest BCUT2D eigenvalue weighted by Crippen LogP contribution is 2.29. The van der Waals surface area contributed by atoms with Crippen LogP contribution in [0.2, 0.25) is 0 Å². The zero-order valence-corrected chi connectivity index (χ0v) is 18.4. The number of benzene rings is 3. The number of anilines is 1. The van der Waals surface area contributed by atoms with Gasteiger partial charge in [0.1, 0.15) is 0 Å². The summed E-state index contributed by atoms with van der Waals surface area (Å²) < 4.78 is 2.43. The van der Waals surface area contributed by atoms with Gasteiger partial charge in [0.15, 0.2) is 0 Å². The third-order valence-corrected chi connectivity index (χ3v) is 6.58. The van der Waals surface area contributed by atoms with E-state index in [9.17, 15) is 0 Å². The topological polar surface area (TPSA) is 23.4 Å². The Morgan fingerprint density at radius 3 is 2.32 bits per heavy atom. The molecule has 1 saturated heterocycles. The molecule has 0 bridgehead atoms. The number of aryl methyl sites for hydroxylation is 1. The molecule has 160 valence electrons. The van der Waals surface area contributed by atoms with Crippen molar-refractivity contribution in [3.05, 3.63) is 78.4 Å². The van der Waals surface area contributed by atoms with Crippen LogP contribution in [0.4, 0.5) is 5.69 Å². The zero-order chi connectivity index (χ0) is 21.0. The van der Waals surface area contributed by atoms with Gasteiger partial charge in [0.2, 0.25) is 0 Å². The molecular formula is C27H32N4. The summed E-state index contributed by atoms with van der Waals surface area (Å²) in [6, 6.07) is 26.4. The van der Waals surface area contributed by atoms with E-state index in [0.717, 1.165) is 52.4 Å². The summed E-state index contributed by atoms with van der Waals surface area (Å²) in [5.41, 5.74) is 5.39. The minimum absolute atomic E-state index is 0.922. The lowest BCUT2D eigenvalue weighted by atomic mass is 10.1. The van der Waals surface area contributed by atoms with Crippen molar-refractivity contribution in [1.82, 2.24) is 14.8 Å². The number of para-hydroxylation sites is 2. The Hall–Kier alpha value is -2.82. The van der Waals surface area contributed by atoms with Crippen LogP contribution in [0.1, 0.15) is 12.5 Å². The van der Waals surface area contributed by atoms with Crippen LogP contribution >= 0.6 is 0 Å². The predicted molar refractivity (Wildman–Crippen MR) is 132 cm³/mol. The minimum Gasteiger partial charge on any atom is -0.369 e. The van der Waals surface area contributed by atoms with E-state index >= 15 is 0 Å². The molecule has 4 heteroatoms. The third kappa shape index (κ3) is 4.18. The lowest BCUT2D eigenvalue weighted by Gasteiger charge is -2.36. The smallest absolute Gasteiger partial charge is 0.0494 e. The van der Waals surface area contributed by atoms with Crippen molar-refractivity contribution in [2.45, 2.75) is 20.0 Å². The largest absolute Gasteiger partial charge is 0.369 e. The van der Waals surface area contributed by atoms with Gasteiger partial charge < -0.3 is 14.8 Å². The van der Waals surface area contributed by atoms with Crippen molar-refractivity contribution in [2.75, 3.05) is 44.2 Å². The zero-order valence-electron chi connectivity index (χ0n) is 18.4. The van der Waals surface area contributed by atoms with Gasteiger partial charge in [0, 0.05) is 79.9 Å². The van der Waals surface area contributed by atoms with Gasteiger partial charge in [-0.25, -0.2) is 0 Å². The first-order chi connectivity index (χ1) is 15.3. The molecule has 3 aromatic carbocycles. The average Bonchev–Trinajstić information content (AvgIpc) is 3.15. The van der Waals surface area contributed by atoms with Crippen molar-refractivity contribution in [3.8, 4) is 0 Å². The van der Waals surface area contributed by atoms with Crippen molar-refractivity contribution in [1.29, 1.82) is 0 Å². The molecule has 0 aliphatic carbocycles. The minimum atomic E-state index is 0.922. The van der Waals surface area contributed by atoms with Crippen molar-refractivity contribution >= 4 is 27.5 Å². The Balaban J connectivity index is 1.15. The lowest BCUT2D eigenvalue weighted by Crippen LogP contribution is -2.48. The number of nitrogens with one attached hydrogen (secondary N) is 1. The van der Waals surface area contributed by atoms with Crippen LogP contribution in [0, 0.1) is 0 Å². The SMILES string of the molecule is CCn1c2ccccc2c2ccc(CNCCN3CCN(c4ccccc4)CC3)cc21. The maximum Gasteiger partial charge on any atom is 0.0494 e. The normalized spacial score (nSPS) is 15.2. The molecule has 0 saturated carbocycles. The fraction of sp³-hybridized carbons (Fsp3) is 0.333. The molecule has 4 aromatic rings. The first-order valence-corrected chi connectivity index (χ1v) is 11.6. The summed E-state index contributed by atoms with van der Waals surface area (Å²) >= 11 is 0.